The highest BCUT2D eigenvalue weighted by molar-refractivity contribution is 6.21. The third kappa shape index (κ3) is 2.60. The van der Waals surface area contributed by atoms with Crippen molar-refractivity contribution >= 4 is 23.3 Å². The van der Waals surface area contributed by atoms with Crippen molar-refractivity contribution in [2.75, 3.05) is 5.32 Å². The van der Waals surface area contributed by atoms with Crippen LogP contribution in [0.4, 0.5) is 5.69 Å². The summed E-state index contributed by atoms with van der Waals surface area (Å²) in [7, 11) is 0. The normalized spacial score (nSPS) is 11.3. The van der Waals surface area contributed by atoms with Gasteiger partial charge in [-0.25, -0.2) is 0 Å². The molecule has 0 aliphatic carbocycles. The van der Waals surface area contributed by atoms with Crippen LogP contribution in [0.5, 0.6) is 0 Å². The van der Waals surface area contributed by atoms with E-state index in [-0.39, 0.29) is 0 Å². The summed E-state index contributed by atoms with van der Waals surface area (Å²) in [5.74, 6) is 0.692. The Bertz CT molecular complexity index is 244. The van der Waals surface area contributed by atoms with Gasteiger partial charge in [0, 0.05) is 17.5 Å². The Morgan fingerprint density at radius 2 is 2.00 bits per heavy atom. The highest BCUT2D eigenvalue weighted by atomic mass is 35.5. The van der Waals surface area contributed by atoms with Crippen molar-refractivity contribution in [2.45, 2.75) is 6.92 Å². The molecule has 0 aliphatic rings. The first-order valence-electron chi connectivity index (χ1n) is 3.30. The van der Waals surface area contributed by atoms with Crippen LogP contribution in [0.3, 0.4) is 0 Å². The second-order valence-electron chi connectivity index (χ2n) is 2.16. The highest BCUT2D eigenvalue weighted by Crippen LogP contribution is 2.04. The molecule has 1 aromatic carbocycles. The number of anilines is 1. The molecule has 3 heteroatoms. The molecule has 11 heavy (non-hydrogen) atoms. The number of nitrogens with one attached hydrogen (secondary N) is 1. The minimum Gasteiger partial charge on any atom is -0.343 e. The summed E-state index contributed by atoms with van der Waals surface area (Å²) < 4.78 is 3.46. The Balaban J connectivity index is 2.65. The van der Waals surface area contributed by atoms with E-state index in [2.05, 4.69) is 9.83 Å². The maximum Gasteiger partial charge on any atom is 0.118 e. The van der Waals surface area contributed by atoms with E-state index in [4.69, 9.17) is 11.8 Å². The van der Waals surface area contributed by atoms with E-state index in [1.54, 1.807) is 6.92 Å². The van der Waals surface area contributed by atoms with Crippen LogP contribution < -0.4 is 5.32 Å². The van der Waals surface area contributed by atoms with E-state index in [0.29, 0.717) is 5.84 Å². The number of amidine groups is 1. The highest BCUT2D eigenvalue weighted by Gasteiger charge is 1.89. The lowest BCUT2D eigenvalue weighted by Gasteiger charge is -2.01. The molecule has 0 aliphatic heterocycles. The fourth-order valence-corrected chi connectivity index (χ4v) is 0.794. The summed E-state index contributed by atoms with van der Waals surface area (Å²) in [5, 5.41) is 3.01. The Morgan fingerprint density at radius 3 is 2.55 bits per heavy atom. The first kappa shape index (κ1) is 8.08. The van der Waals surface area contributed by atoms with Gasteiger partial charge in [0.1, 0.15) is 5.84 Å². The van der Waals surface area contributed by atoms with Crippen molar-refractivity contribution < 1.29 is 0 Å². The maximum absolute atomic E-state index is 5.23. The largest absolute Gasteiger partial charge is 0.343 e. The van der Waals surface area contributed by atoms with Gasteiger partial charge in [0.2, 0.25) is 0 Å². The Morgan fingerprint density at radius 1 is 1.36 bits per heavy atom. The smallest absolute Gasteiger partial charge is 0.118 e. The lowest BCUT2D eigenvalue weighted by atomic mass is 10.3. The molecule has 0 heterocycles. The van der Waals surface area contributed by atoms with Crippen molar-refractivity contribution in [1.82, 2.24) is 0 Å². The Kier molecular flexibility index (Phi) is 2.93. The zero-order valence-electron chi connectivity index (χ0n) is 6.21. The minimum absolute atomic E-state index is 0.692. The number of nitrogens with zero attached hydrogens (tertiary/aromatic N) is 1. The van der Waals surface area contributed by atoms with E-state index in [0.717, 1.165) is 5.69 Å². The summed E-state index contributed by atoms with van der Waals surface area (Å²) in [4.78, 5) is 0. The second-order valence-corrected chi connectivity index (χ2v) is 2.33. The quantitative estimate of drug-likeness (QED) is 0.506. The average molecular weight is 169 g/mol. The van der Waals surface area contributed by atoms with Crippen LogP contribution in [0.15, 0.2) is 34.8 Å². The van der Waals surface area contributed by atoms with Gasteiger partial charge in [-0.2, -0.15) is 4.51 Å². The molecule has 2 nitrogen and oxygen atoms in total. The molecule has 0 radical (unpaired) electrons. The summed E-state index contributed by atoms with van der Waals surface area (Å²) >= 11 is 5.23. The number of para-hydroxylation sites is 1. The van der Waals surface area contributed by atoms with Crippen LogP contribution in [0.2, 0.25) is 0 Å². The van der Waals surface area contributed by atoms with Gasteiger partial charge in [-0.05, 0) is 19.1 Å². The first-order valence-corrected chi connectivity index (χ1v) is 3.64. The molecule has 58 valence electrons. The second kappa shape index (κ2) is 3.98. The van der Waals surface area contributed by atoms with Crippen LogP contribution in [0.1, 0.15) is 6.92 Å². The van der Waals surface area contributed by atoms with Gasteiger partial charge in [0.25, 0.3) is 0 Å². The van der Waals surface area contributed by atoms with Crippen molar-refractivity contribution in [3.8, 4) is 0 Å². The van der Waals surface area contributed by atoms with Gasteiger partial charge in [0.15, 0.2) is 0 Å². The zero-order valence-corrected chi connectivity index (χ0v) is 6.97. The van der Waals surface area contributed by atoms with Gasteiger partial charge >= 0.3 is 0 Å². The first-order chi connectivity index (χ1) is 5.33. The van der Waals surface area contributed by atoms with E-state index in [9.17, 15) is 0 Å². The fraction of sp³-hybridized carbons (Fsp3) is 0.125. The predicted molar refractivity (Wildman–Crippen MR) is 49.0 cm³/mol. The monoisotopic (exact) mass is 168 g/mol. The third-order valence-electron chi connectivity index (χ3n) is 1.23. The summed E-state index contributed by atoms with van der Waals surface area (Å²) in [6.07, 6.45) is 0. The van der Waals surface area contributed by atoms with Gasteiger partial charge in [-0.15, -0.1) is 0 Å². The third-order valence-corrected chi connectivity index (χ3v) is 1.48. The molecule has 1 aromatic rings. The molecule has 0 saturated carbocycles. The van der Waals surface area contributed by atoms with E-state index in [1.807, 2.05) is 30.3 Å². The minimum atomic E-state index is 0.692. The predicted octanol–water partition coefficient (Wildman–Crippen LogP) is 2.67. The molecule has 0 fully saturated rings. The Labute approximate surface area is 71.0 Å². The average Bonchev–Trinajstić information content (AvgIpc) is 2.06. The van der Waals surface area contributed by atoms with Gasteiger partial charge in [-0.3, -0.25) is 0 Å². The summed E-state index contributed by atoms with van der Waals surface area (Å²) in [6.45, 7) is 1.81. The molecule has 1 N–H and O–H groups in total. The molecular formula is C8H9ClN2. The van der Waals surface area contributed by atoms with Crippen LogP contribution in [0, 0.1) is 0 Å². The lowest BCUT2D eigenvalue weighted by Crippen LogP contribution is -2.04. The number of hydrogen-bond donors (Lipinski definition) is 1. The van der Waals surface area contributed by atoms with E-state index >= 15 is 0 Å². The fourth-order valence-electron chi connectivity index (χ4n) is 0.752. The van der Waals surface area contributed by atoms with Crippen molar-refractivity contribution in [3.05, 3.63) is 30.3 Å². The topological polar surface area (TPSA) is 24.4 Å². The number of rotatable bonds is 1. The molecule has 0 bridgehead atoms. The molecule has 0 amide bonds. The molecule has 0 atom stereocenters. The van der Waals surface area contributed by atoms with Crippen molar-refractivity contribution in [2.24, 2.45) is 4.51 Å². The summed E-state index contributed by atoms with van der Waals surface area (Å²) in [6, 6.07) is 9.75. The molecule has 0 spiro atoms. The van der Waals surface area contributed by atoms with Crippen LogP contribution in [-0.2, 0) is 0 Å². The SMILES string of the molecule is C/C(=N\Cl)Nc1ccccc1. The van der Waals surface area contributed by atoms with Crippen LogP contribution >= 0.6 is 11.8 Å². The molecular weight excluding hydrogens is 160 g/mol. The number of benzene rings is 1. The molecule has 0 aromatic heterocycles. The van der Waals surface area contributed by atoms with Gasteiger partial charge in [0.05, 0.1) is 0 Å². The molecule has 0 unspecified atom stereocenters. The van der Waals surface area contributed by atoms with Crippen LogP contribution in [0.25, 0.3) is 0 Å². The van der Waals surface area contributed by atoms with Gasteiger partial charge in [-0.1, -0.05) is 18.2 Å². The van der Waals surface area contributed by atoms with Crippen molar-refractivity contribution in [1.29, 1.82) is 0 Å². The Hall–Kier alpha value is -1.02. The zero-order chi connectivity index (χ0) is 8.10. The lowest BCUT2D eigenvalue weighted by molar-refractivity contribution is 1.58. The molecule has 0 saturated heterocycles. The standard InChI is InChI=1S/C8H9ClN2/c1-7(11-9)10-8-5-3-2-4-6-8/h2-6H,1H3,(H,10,11). The van der Waals surface area contributed by atoms with E-state index in [1.165, 1.54) is 0 Å². The van der Waals surface area contributed by atoms with Gasteiger partial charge < -0.3 is 5.32 Å². The number of halogens is 1. The van der Waals surface area contributed by atoms with Crippen molar-refractivity contribution in [3.63, 3.8) is 0 Å². The van der Waals surface area contributed by atoms with E-state index < -0.39 is 0 Å². The maximum atomic E-state index is 5.23. The van der Waals surface area contributed by atoms with Crippen LogP contribution in [-0.4, -0.2) is 5.84 Å². The number of hydrogen-bond acceptors (Lipinski definition) is 1. The molecule has 1 rings (SSSR count). The summed E-state index contributed by atoms with van der Waals surface area (Å²) in [5.41, 5.74) is 0.995.